The molecule has 10 nitrogen and oxygen atoms in total. The molecule has 0 aromatic carbocycles. The van der Waals surface area contributed by atoms with Gasteiger partial charge in [0, 0.05) is 33.1 Å². The fourth-order valence-corrected chi connectivity index (χ4v) is 3.57. The molecule has 1 amide bonds. The molecule has 0 unspecified atom stereocenters. The molecular formula is C17H23N5O5. The predicted octanol–water partition coefficient (Wildman–Crippen LogP) is -0.417. The summed E-state index contributed by atoms with van der Waals surface area (Å²) in [5.41, 5.74) is -0.324. The van der Waals surface area contributed by atoms with E-state index in [1.807, 2.05) is 0 Å². The number of nitrogens with zero attached hydrogens (tertiary/aromatic N) is 4. The predicted molar refractivity (Wildman–Crippen MR) is 96.4 cm³/mol. The van der Waals surface area contributed by atoms with Crippen LogP contribution >= 0.6 is 0 Å². The normalized spacial score (nSPS) is 19.9. The molecule has 27 heavy (non-hydrogen) atoms. The molecule has 1 saturated carbocycles. The Balaban J connectivity index is 1.64. The molecule has 0 aliphatic heterocycles. The maximum absolute atomic E-state index is 12.4. The van der Waals surface area contributed by atoms with E-state index in [9.17, 15) is 19.2 Å². The van der Waals surface area contributed by atoms with Crippen LogP contribution in [0.3, 0.4) is 0 Å². The van der Waals surface area contributed by atoms with Crippen LogP contribution in [0.25, 0.3) is 11.2 Å². The highest BCUT2D eigenvalue weighted by Gasteiger charge is 2.26. The zero-order valence-corrected chi connectivity index (χ0v) is 15.3. The average molecular weight is 377 g/mol. The highest BCUT2D eigenvalue weighted by molar-refractivity contribution is 5.77. The van der Waals surface area contributed by atoms with Crippen LogP contribution in [-0.2, 0) is 30.2 Å². The van der Waals surface area contributed by atoms with E-state index in [1.54, 1.807) is 11.6 Å². The summed E-state index contributed by atoms with van der Waals surface area (Å²) in [6.07, 6.45) is 4.05. The standard InChI is InChI=1S/C17H23N5O5/c1-20-14-13(15(24)21(2)17(20)27)22(9-18-14)8-7-12(23)19-11-5-3-10(4-6-11)16(25)26/h9-11H,3-8H2,1-2H3,(H,19,23)(H,25,26). The summed E-state index contributed by atoms with van der Waals surface area (Å²) < 4.78 is 3.90. The lowest BCUT2D eigenvalue weighted by molar-refractivity contribution is -0.142. The zero-order valence-electron chi connectivity index (χ0n) is 15.3. The summed E-state index contributed by atoms with van der Waals surface area (Å²) in [4.78, 5) is 51.6. The molecule has 0 saturated heterocycles. The first-order valence-corrected chi connectivity index (χ1v) is 8.92. The van der Waals surface area contributed by atoms with Crippen LogP contribution in [0.1, 0.15) is 32.1 Å². The number of nitrogens with one attached hydrogen (secondary N) is 1. The van der Waals surface area contributed by atoms with E-state index in [0.29, 0.717) is 25.7 Å². The van der Waals surface area contributed by atoms with Crippen LogP contribution < -0.4 is 16.6 Å². The van der Waals surface area contributed by atoms with Gasteiger partial charge in [-0.25, -0.2) is 9.78 Å². The van der Waals surface area contributed by atoms with Gasteiger partial charge >= 0.3 is 11.7 Å². The number of hydrogen-bond donors (Lipinski definition) is 2. The molecule has 1 fully saturated rings. The first-order chi connectivity index (χ1) is 12.8. The van der Waals surface area contributed by atoms with E-state index >= 15 is 0 Å². The van der Waals surface area contributed by atoms with Crippen molar-refractivity contribution in [2.45, 2.75) is 44.7 Å². The third-order valence-corrected chi connectivity index (χ3v) is 5.24. The molecule has 1 aliphatic carbocycles. The number of aryl methyl sites for hydroxylation is 2. The number of rotatable bonds is 5. The zero-order chi connectivity index (χ0) is 19.7. The molecule has 3 rings (SSSR count). The largest absolute Gasteiger partial charge is 0.481 e. The monoisotopic (exact) mass is 377 g/mol. The van der Waals surface area contributed by atoms with Crippen molar-refractivity contribution in [1.29, 1.82) is 0 Å². The SMILES string of the molecule is Cn1c(=O)c2c(ncn2CCC(=O)NC2CCC(C(=O)O)CC2)n(C)c1=O. The summed E-state index contributed by atoms with van der Waals surface area (Å²) in [5.74, 6) is -1.25. The van der Waals surface area contributed by atoms with Crippen molar-refractivity contribution < 1.29 is 14.7 Å². The molecule has 146 valence electrons. The highest BCUT2D eigenvalue weighted by atomic mass is 16.4. The van der Waals surface area contributed by atoms with Crippen LogP contribution in [0.5, 0.6) is 0 Å². The second-order valence-electron chi connectivity index (χ2n) is 7.02. The van der Waals surface area contributed by atoms with Crippen molar-refractivity contribution in [3.8, 4) is 0 Å². The fraction of sp³-hybridized carbons (Fsp3) is 0.588. The lowest BCUT2D eigenvalue weighted by Gasteiger charge is -2.26. The summed E-state index contributed by atoms with van der Waals surface area (Å²) in [6.45, 7) is 0.264. The minimum atomic E-state index is -0.775. The molecule has 2 aromatic rings. The number of aromatic nitrogens is 4. The number of hydrogen-bond acceptors (Lipinski definition) is 5. The van der Waals surface area contributed by atoms with Gasteiger partial charge in [-0.3, -0.25) is 23.5 Å². The Hall–Kier alpha value is -2.91. The molecule has 0 spiro atoms. The second-order valence-corrected chi connectivity index (χ2v) is 7.02. The summed E-state index contributed by atoms with van der Waals surface area (Å²) in [6, 6.07) is -0.0127. The smallest absolute Gasteiger partial charge is 0.332 e. The number of carboxylic acids is 1. The molecule has 0 atom stereocenters. The molecule has 2 heterocycles. The first-order valence-electron chi connectivity index (χ1n) is 8.92. The van der Waals surface area contributed by atoms with Crippen LogP contribution in [0.2, 0.25) is 0 Å². The van der Waals surface area contributed by atoms with Gasteiger partial charge in [0.15, 0.2) is 11.2 Å². The van der Waals surface area contributed by atoms with Crippen molar-refractivity contribution in [2.24, 2.45) is 20.0 Å². The highest BCUT2D eigenvalue weighted by Crippen LogP contribution is 2.24. The molecule has 2 aromatic heterocycles. The Morgan fingerprint density at radius 2 is 1.85 bits per heavy atom. The lowest BCUT2D eigenvalue weighted by Crippen LogP contribution is -2.39. The third kappa shape index (κ3) is 3.64. The van der Waals surface area contributed by atoms with Gasteiger partial charge in [-0.1, -0.05) is 0 Å². The summed E-state index contributed by atoms with van der Waals surface area (Å²) in [7, 11) is 2.95. The Kier molecular flexibility index (Phi) is 5.15. The number of carboxylic acid groups (broad SMARTS) is 1. The lowest BCUT2D eigenvalue weighted by atomic mass is 9.86. The number of fused-ring (bicyclic) bond motifs is 1. The van der Waals surface area contributed by atoms with Crippen LogP contribution in [-0.4, -0.2) is 41.7 Å². The Morgan fingerprint density at radius 3 is 2.48 bits per heavy atom. The summed E-state index contributed by atoms with van der Waals surface area (Å²) >= 11 is 0. The third-order valence-electron chi connectivity index (χ3n) is 5.24. The maximum Gasteiger partial charge on any atom is 0.332 e. The van der Waals surface area contributed by atoms with Crippen molar-refractivity contribution >= 4 is 23.0 Å². The Morgan fingerprint density at radius 1 is 1.19 bits per heavy atom. The van der Waals surface area contributed by atoms with E-state index in [-0.39, 0.29) is 42.0 Å². The van der Waals surface area contributed by atoms with E-state index in [0.717, 1.165) is 4.57 Å². The summed E-state index contributed by atoms with van der Waals surface area (Å²) in [5, 5.41) is 11.9. The van der Waals surface area contributed by atoms with Gasteiger partial charge in [0.1, 0.15) is 0 Å². The second kappa shape index (κ2) is 7.37. The average Bonchev–Trinajstić information content (AvgIpc) is 3.07. The molecule has 2 N–H and O–H groups in total. The molecule has 1 aliphatic rings. The number of imidazole rings is 1. The van der Waals surface area contributed by atoms with Gasteiger partial charge < -0.3 is 15.0 Å². The molecule has 0 radical (unpaired) electrons. The van der Waals surface area contributed by atoms with E-state index in [2.05, 4.69) is 10.3 Å². The Bertz CT molecular complexity index is 994. The van der Waals surface area contributed by atoms with E-state index in [4.69, 9.17) is 5.11 Å². The Labute approximate surface area is 154 Å². The minimum Gasteiger partial charge on any atom is -0.481 e. The molecule has 10 heteroatoms. The molecular weight excluding hydrogens is 354 g/mol. The van der Waals surface area contributed by atoms with Gasteiger partial charge in [0.2, 0.25) is 5.91 Å². The van der Waals surface area contributed by atoms with Crippen molar-refractivity contribution in [3.05, 3.63) is 27.2 Å². The van der Waals surface area contributed by atoms with Crippen molar-refractivity contribution in [3.63, 3.8) is 0 Å². The van der Waals surface area contributed by atoms with E-state index < -0.39 is 17.2 Å². The van der Waals surface area contributed by atoms with Crippen molar-refractivity contribution in [2.75, 3.05) is 0 Å². The number of amides is 1. The van der Waals surface area contributed by atoms with Crippen LogP contribution in [0, 0.1) is 5.92 Å². The van der Waals surface area contributed by atoms with Crippen LogP contribution in [0.4, 0.5) is 0 Å². The number of carbonyl (C=O) groups is 2. The number of carbonyl (C=O) groups excluding carboxylic acids is 1. The fourth-order valence-electron chi connectivity index (χ4n) is 3.57. The minimum absolute atomic E-state index is 0.0127. The van der Waals surface area contributed by atoms with Gasteiger partial charge in [0.25, 0.3) is 5.56 Å². The number of aliphatic carboxylic acids is 1. The molecule has 0 bridgehead atoms. The van der Waals surface area contributed by atoms with Gasteiger partial charge in [0.05, 0.1) is 12.2 Å². The van der Waals surface area contributed by atoms with Crippen molar-refractivity contribution in [1.82, 2.24) is 24.0 Å². The quantitative estimate of drug-likeness (QED) is 0.729. The van der Waals surface area contributed by atoms with Crippen LogP contribution in [0.15, 0.2) is 15.9 Å². The van der Waals surface area contributed by atoms with Gasteiger partial charge in [-0.2, -0.15) is 0 Å². The topological polar surface area (TPSA) is 128 Å². The first kappa shape index (κ1) is 18.9. The van der Waals surface area contributed by atoms with E-state index in [1.165, 1.54) is 17.9 Å². The van der Waals surface area contributed by atoms with Gasteiger partial charge in [-0.05, 0) is 25.7 Å². The maximum atomic E-state index is 12.4. The van der Waals surface area contributed by atoms with Gasteiger partial charge in [-0.15, -0.1) is 0 Å².